The Morgan fingerprint density at radius 2 is 0.500 bits per heavy atom. The second-order valence-corrected chi connectivity index (χ2v) is 1.95. The molecule has 98 valence electrons. The SMILES string of the molecule is CC.C[C-](C)C.C[N-]C.[CH3-].[Y].[Y].[Y].[Y].[Y].[Y].[Y].[Y].[Y].[Y]. The molecule has 1 nitrogen and oxygen atoms in total. The van der Waals surface area contributed by atoms with E-state index in [0.717, 1.165) is 0 Å². The van der Waals surface area contributed by atoms with Gasteiger partial charge in [-0.25, -0.2) is 0 Å². The van der Waals surface area contributed by atoms with Crippen LogP contribution in [0.25, 0.3) is 5.32 Å². The zero-order valence-corrected chi connectivity index (χ0v) is 43.1. The van der Waals surface area contributed by atoms with Crippen LogP contribution in [-0.2, 0) is 327 Å². The molecule has 0 amide bonds. The minimum Gasteiger partial charge on any atom is -0.668 e. The maximum Gasteiger partial charge on any atom is 0 e. The third-order valence-electron chi connectivity index (χ3n) is 0. The molecule has 0 spiro atoms. The zero-order chi connectivity index (χ0) is 8.28. The summed E-state index contributed by atoms with van der Waals surface area (Å²) >= 11 is 0. The third kappa shape index (κ3) is 188. The van der Waals surface area contributed by atoms with Crippen LogP contribution in [0.1, 0.15) is 34.6 Å². The summed E-state index contributed by atoms with van der Waals surface area (Å²) in [6.07, 6.45) is 0. The van der Waals surface area contributed by atoms with E-state index in [9.17, 15) is 0 Å². The molecule has 10 radical (unpaired) electrons. The van der Waals surface area contributed by atoms with Crippen molar-refractivity contribution in [2.75, 3.05) is 14.1 Å². The van der Waals surface area contributed by atoms with Crippen LogP contribution in [0.5, 0.6) is 0 Å². The first-order valence-corrected chi connectivity index (χ1v) is 3.39. The molecule has 0 saturated heterocycles. The van der Waals surface area contributed by atoms with Gasteiger partial charge in [0.1, 0.15) is 0 Å². The minimum absolute atomic E-state index is 0. The molecule has 0 aromatic carbocycles. The molecule has 0 aliphatic heterocycles. The number of hydrogen-bond acceptors (Lipinski definition) is 0. The molecule has 0 atom stereocenters. The average molecular weight is 1040 g/mol. The van der Waals surface area contributed by atoms with Gasteiger partial charge in [-0.05, 0) is 0 Å². The van der Waals surface area contributed by atoms with Gasteiger partial charge in [0, 0.05) is 327 Å². The van der Waals surface area contributed by atoms with E-state index < -0.39 is 0 Å². The van der Waals surface area contributed by atoms with Gasteiger partial charge in [0.15, 0.2) is 0 Å². The predicted molar refractivity (Wildman–Crippen MR) is 53.2 cm³/mol. The number of nitrogens with zero attached hydrogens (tertiary/aromatic N) is 1. The molecule has 11 heteroatoms. The second kappa shape index (κ2) is 112. The van der Waals surface area contributed by atoms with Crippen LogP contribution in [0.15, 0.2) is 0 Å². The van der Waals surface area contributed by atoms with Crippen LogP contribution < -0.4 is 0 Å². The van der Waals surface area contributed by atoms with Crippen molar-refractivity contribution in [3.63, 3.8) is 0 Å². The Balaban J connectivity index is -0.00000000180. The van der Waals surface area contributed by atoms with Gasteiger partial charge in [0.25, 0.3) is 0 Å². The van der Waals surface area contributed by atoms with Crippen LogP contribution in [0, 0.1) is 13.3 Å². The van der Waals surface area contributed by atoms with Crippen LogP contribution in [-0.4, -0.2) is 14.1 Å². The Labute approximate surface area is 382 Å². The Kier molecular flexibility index (Phi) is 541. The fourth-order valence-corrected chi connectivity index (χ4v) is 0. The summed E-state index contributed by atoms with van der Waals surface area (Å²) in [7, 11) is 3.50. The predicted octanol–water partition coefficient (Wildman–Crippen LogP) is 3.69. The normalized spacial score (nSPS) is 3.00. The fraction of sp³-hybridized carbons (Fsp3) is 0.778. The monoisotopic (exact) mass is 1040 g/mol. The first-order chi connectivity index (χ1) is 4.15. The molecule has 0 N–H and O–H groups in total. The molecule has 0 rings (SSSR count). The molecule has 0 bridgehead atoms. The Bertz CT molecular complexity index is 35.9. The number of rotatable bonds is 0. The zero-order valence-electron chi connectivity index (χ0n) is 14.7. The van der Waals surface area contributed by atoms with Crippen molar-refractivity contribution in [3.05, 3.63) is 18.7 Å². The Hall–Kier alpha value is 11.0. The molecule has 20 heavy (non-hydrogen) atoms. The maximum absolute atomic E-state index is 3.50. The summed E-state index contributed by atoms with van der Waals surface area (Å²) in [5, 5.41) is 3.50. The van der Waals surface area contributed by atoms with Gasteiger partial charge in [0.05, 0.1) is 0 Å². The van der Waals surface area contributed by atoms with Crippen LogP contribution in [0.2, 0.25) is 0 Å². The van der Waals surface area contributed by atoms with Gasteiger partial charge in [-0.2, -0.15) is 34.9 Å². The third-order valence-corrected chi connectivity index (χ3v) is 0. The van der Waals surface area contributed by atoms with Crippen molar-refractivity contribution >= 4 is 0 Å². The topological polar surface area (TPSA) is 14.1 Å². The molecule has 0 heterocycles. The molecular weight excluding hydrogens is 1010 g/mol. The molecule has 0 unspecified atom stereocenters. The standard InChI is InChI=1S/C4H9.C2H6N.C2H6.CH3.10Y/c1-4(2)3;1-3-2;1-2;;;;;;;;;;;/h1-3H3;1-2H3;1-2H3;1H3;;;;;;;;;;/q2*-1;;-1;;;;;;;;;;. The molecule has 0 saturated carbocycles. The molecule has 0 aliphatic carbocycles. The fourth-order valence-electron chi connectivity index (χ4n) is 0. The van der Waals surface area contributed by atoms with E-state index in [1.165, 1.54) is 5.92 Å². The van der Waals surface area contributed by atoms with Gasteiger partial charge in [-0.15, -0.1) is 0 Å². The second-order valence-electron chi connectivity index (χ2n) is 1.95. The quantitative estimate of drug-likeness (QED) is 0.330. The first-order valence-electron chi connectivity index (χ1n) is 3.39. The molecular formula is C9H24NY10-3. The first kappa shape index (κ1) is 96.5. The van der Waals surface area contributed by atoms with E-state index in [2.05, 4.69) is 26.1 Å². The summed E-state index contributed by atoms with van der Waals surface area (Å²) in [5.41, 5.74) is 0. The Morgan fingerprint density at radius 3 is 0.500 bits per heavy atom. The van der Waals surface area contributed by atoms with E-state index >= 15 is 0 Å². The maximum atomic E-state index is 3.50. The van der Waals surface area contributed by atoms with Crippen LogP contribution in [0.3, 0.4) is 0 Å². The molecule has 0 fully saturated rings. The van der Waals surface area contributed by atoms with Crippen molar-refractivity contribution in [2.24, 2.45) is 0 Å². The van der Waals surface area contributed by atoms with Crippen molar-refractivity contribution in [1.29, 1.82) is 0 Å². The molecule has 0 aliphatic rings. The van der Waals surface area contributed by atoms with Gasteiger partial charge in [-0.1, -0.05) is 13.8 Å². The number of hydrogen-bond donors (Lipinski definition) is 0. The molecule has 0 aromatic rings. The summed E-state index contributed by atoms with van der Waals surface area (Å²) in [5.74, 6) is 1.42. The Morgan fingerprint density at radius 1 is 0.500 bits per heavy atom. The van der Waals surface area contributed by atoms with Crippen molar-refractivity contribution in [3.8, 4) is 0 Å². The van der Waals surface area contributed by atoms with Crippen molar-refractivity contribution in [2.45, 2.75) is 34.6 Å². The van der Waals surface area contributed by atoms with Gasteiger partial charge < -0.3 is 18.7 Å². The van der Waals surface area contributed by atoms with Gasteiger partial charge in [-0.3, -0.25) is 0 Å². The van der Waals surface area contributed by atoms with E-state index in [0.29, 0.717) is 0 Å². The van der Waals surface area contributed by atoms with E-state index in [1.807, 2.05) is 13.8 Å². The average Bonchev–Trinajstić information content (AvgIpc) is 1.71. The minimum atomic E-state index is 0. The van der Waals surface area contributed by atoms with Crippen molar-refractivity contribution in [1.82, 2.24) is 0 Å². The summed E-state index contributed by atoms with van der Waals surface area (Å²) < 4.78 is 0. The van der Waals surface area contributed by atoms with E-state index in [-0.39, 0.29) is 335 Å². The smallest absolute Gasteiger partial charge is 0 e. The summed E-state index contributed by atoms with van der Waals surface area (Å²) in [4.78, 5) is 0. The largest absolute Gasteiger partial charge is 0.668 e. The van der Waals surface area contributed by atoms with Crippen LogP contribution >= 0.6 is 0 Å². The summed E-state index contributed by atoms with van der Waals surface area (Å²) in [6.45, 7) is 10.3. The summed E-state index contributed by atoms with van der Waals surface area (Å²) in [6, 6.07) is 0. The molecule has 0 aromatic heterocycles. The van der Waals surface area contributed by atoms with Crippen molar-refractivity contribution < 1.29 is 327 Å². The van der Waals surface area contributed by atoms with E-state index in [1.54, 1.807) is 14.1 Å². The van der Waals surface area contributed by atoms with Gasteiger partial charge >= 0.3 is 0 Å². The van der Waals surface area contributed by atoms with Gasteiger partial charge in [0.2, 0.25) is 0 Å². The van der Waals surface area contributed by atoms with E-state index in [4.69, 9.17) is 0 Å². The van der Waals surface area contributed by atoms with Crippen LogP contribution in [0.4, 0.5) is 0 Å².